The zero-order valence-corrected chi connectivity index (χ0v) is 22.6. The second-order valence-electron chi connectivity index (χ2n) is 10.1. The van der Waals surface area contributed by atoms with E-state index in [1.807, 2.05) is 26.0 Å². The van der Waals surface area contributed by atoms with Crippen molar-refractivity contribution in [3.63, 3.8) is 0 Å². The van der Waals surface area contributed by atoms with Crippen LogP contribution in [0.25, 0.3) is 26.8 Å². The highest BCUT2D eigenvalue weighted by molar-refractivity contribution is 7.20. The molecule has 1 aliphatic rings. The molecule has 0 aliphatic carbocycles. The Morgan fingerprint density at radius 2 is 1.78 bits per heavy atom. The minimum atomic E-state index is -0.269. The molecule has 3 aromatic carbocycles. The lowest BCUT2D eigenvalue weighted by atomic mass is 9.91. The highest BCUT2D eigenvalue weighted by atomic mass is 32.1. The van der Waals surface area contributed by atoms with Crippen molar-refractivity contribution in [1.82, 2.24) is 4.90 Å². The van der Waals surface area contributed by atoms with Crippen LogP contribution in [0.2, 0.25) is 0 Å². The summed E-state index contributed by atoms with van der Waals surface area (Å²) in [5.41, 5.74) is 7.18. The van der Waals surface area contributed by atoms with E-state index in [1.54, 1.807) is 23.5 Å². The van der Waals surface area contributed by atoms with Crippen LogP contribution in [0.1, 0.15) is 40.0 Å². The summed E-state index contributed by atoms with van der Waals surface area (Å²) in [6.45, 7) is 12.8. The van der Waals surface area contributed by atoms with Crippen molar-refractivity contribution in [3.8, 4) is 16.9 Å². The maximum absolute atomic E-state index is 14.0. The number of rotatable bonds is 8. The van der Waals surface area contributed by atoms with Gasteiger partial charge in [0.1, 0.15) is 17.7 Å². The Kier molecular flexibility index (Phi) is 7.45. The topological polar surface area (TPSA) is 12.5 Å². The van der Waals surface area contributed by atoms with E-state index in [0.29, 0.717) is 6.42 Å². The number of halogens is 2. The van der Waals surface area contributed by atoms with Gasteiger partial charge in [-0.1, -0.05) is 30.8 Å². The molecule has 2 heterocycles. The summed E-state index contributed by atoms with van der Waals surface area (Å²) in [5.74, 6) is 0.629. The first kappa shape index (κ1) is 25.6. The lowest BCUT2D eigenvalue weighted by molar-refractivity contribution is 0.198. The summed E-state index contributed by atoms with van der Waals surface area (Å²) in [6, 6.07) is 18.0. The number of fused-ring (bicyclic) bond motifs is 1. The third kappa shape index (κ3) is 5.34. The van der Waals surface area contributed by atoms with Gasteiger partial charge in [-0.2, -0.15) is 0 Å². The van der Waals surface area contributed by atoms with E-state index in [2.05, 4.69) is 48.7 Å². The van der Waals surface area contributed by atoms with E-state index in [1.165, 1.54) is 15.6 Å². The molecular weight excluding hydrogens is 484 g/mol. The zero-order chi connectivity index (χ0) is 26.1. The van der Waals surface area contributed by atoms with E-state index in [-0.39, 0.29) is 18.6 Å². The van der Waals surface area contributed by atoms with E-state index in [0.717, 1.165) is 70.1 Å². The van der Waals surface area contributed by atoms with Crippen LogP contribution >= 0.6 is 11.3 Å². The number of likely N-dealkylation sites (tertiary alicyclic amines) is 1. The number of nitrogens with zero attached hydrogens (tertiary/aromatic N) is 1. The normalized spacial score (nSPS) is 16.0. The Labute approximate surface area is 222 Å². The van der Waals surface area contributed by atoms with E-state index in [9.17, 15) is 8.78 Å². The van der Waals surface area contributed by atoms with Crippen molar-refractivity contribution in [3.05, 3.63) is 94.1 Å². The number of aryl methyl sites for hydroxylation is 3. The Balaban J connectivity index is 1.48. The van der Waals surface area contributed by atoms with Crippen LogP contribution in [-0.4, -0.2) is 37.3 Å². The number of ether oxygens (including phenoxy) is 1. The van der Waals surface area contributed by atoms with Crippen LogP contribution in [0.4, 0.5) is 8.78 Å². The van der Waals surface area contributed by atoms with Gasteiger partial charge < -0.3 is 4.74 Å². The molecule has 5 heteroatoms. The van der Waals surface area contributed by atoms with Crippen molar-refractivity contribution < 1.29 is 13.5 Å². The van der Waals surface area contributed by atoms with Crippen LogP contribution in [0, 0.1) is 26.6 Å². The fourth-order valence-electron chi connectivity index (χ4n) is 5.48. The van der Waals surface area contributed by atoms with Gasteiger partial charge in [0, 0.05) is 40.2 Å². The molecule has 1 atom stereocenters. The molecule has 0 bridgehead atoms. The fourth-order valence-corrected chi connectivity index (χ4v) is 6.78. The highest BCUT2D eigenvalue weighted by Crippen LogP contribution is 2.45. The molecule has 5 rings (SSSR count). The van der Waals surface area contributed by atoms with Crippen molar-refractivity contribution in [2.24, 2.45) is 0 Å². The molecular formula is C32H33F2NOS. The molecule has 0 unspecified atom stereocenters. The van der Waals surface area contributed by atoms with Gasteiger partial charge in [-0.3, -0.25) is 9.29 Å². The second-order valence-corrected chi connectivity index (χ2v) is 11.1. The molecule has 37 heavy (non-hydrogen) atoms. The molecule has 1 fully saturated rings. The summed E-state index contributed by atoms with van der Waals surface area (Å²) < 4.78 is 34.0. The highest BCUT2D eigenvalue weighted by Gasteiger charge is 2.24. The monoisotopic (exact) mass is 517 g/mol. The van der Waals surface area contributed by atoms with Gasteiger partial charge in [0.15, 0.2) is 0 Å². The van der Waals surface area contributed by atoms with Gasteiger partial charge >= 0.3 is 0 Å². The lowest BCUT2D eigenvalue weighted by Gasteiger charge is -2.17. The molecule has 0 radical (unpaired) electrons. The Bertz CT molecular complexity index is 1420. The third-order valence-electron chi connectivity index (χ3n) is 7.20. The van der Waals surface area contributed by atoms with Crippen molar-refractivity contribution in [2.45, 2.75) is 39.7 Å². The first-order valence-corrected chi connectivity index (χ1v) is 13.7. The zero-order valence-electron chi connectivity index (χ0n) is 21.7. The van der Waals surface area contributed by atoms with Crippen molar-refractivity contribution in [2.75, 3.05) is 26.3 Å². The molecule has 1 saturated heterocycles. The SMILES string of the molecule is C=C(c1sc2cc(C)ccc2c1-c1ccc(O[C@H]2CCN(CCCF)C2)cc1)c1c(C)cc(F)cc1C. The van der Waals surface area contributed by atoms with Crippen LogP contribution in [-0.2, 0) is 0 Å². The smallest absolute Gasteiger partial charge is 0.123 e. The Morgan fingerprint density at radius 3 is 2.49 bits per heavy atom. The number of alkyl halides is 1. The molecule has 1 aromatic heterocycles. The maximum atomic E-state index is 14.0. The molecule has 1 aliphatic heterocycles. The van der Waals surface area contributed by atoms with Gasteiger partial charge in [-0.05, 0) is 97.3 Å². The fraction of sp³-hybridized carbons (Fsp3) is 0.312. The summed E-state index contributed by atoms with van der Waals surface area (Å²) in [4.78, 5) is 3.38. The van der Waals surface area contributed by atoms with Crippen molar-refractivity contribution >= 4 is 27.0 Å². The van der Waals surface area contributed by atoms with Crippen molar-refractivity contribution in [1.29, 1.82) is 0 Å². The minimum absolute atomic E-state index is 0.134. The molecule has 0 N–H and O–H groups in total. The number of hydrogen-bond acceptors (Lipinski definition) is 3. The number of thiophene rings is 1. The summed E-state index contributed by atoms with van der Waals surface area (Å²) >= 11 is 1.74. The van der Waals surface area contributed by atoms with E-state index >= 15 is 0 Å². The largest absolute Gasteiger partial charge is 0.489 e. The van der Waals surface area contributed by atoms with Gasteiger partial charge in [-0.25, -0.2) is 4.39 Å². The summed E-state index contributed by atoms with van der Waals surface area (Å²) in [6.07, 6.45) is 1.68. The molecule has 0 saturated carbocycles. The van der Waals surface area contributed by atoms with Crippen LogP contribution < -0.4 is 4.74 Å². The predicted molar refractivity (Wildman–Crippen MR) is 152 cm³/mol. The predicted octanol–water partition coefficient (Wildman–Crippen LogP) is 8.51. The number of hydrogen-bond donors (Lipinski definition) is 0. The standard InChI is InChI=1S/C32H33F2NOS/c1-20-6-11-28-29(16-20)37-32(23(4)30-21(2)17-25(34)18-22(30)3)31(28)24-7-9-26(10-8-24)36-27-12-15-35(19-27)14-5-13-33/h6-11,16-18,27H,4-5,12-15,19H2,1-3H3/t27-/m0/s1. The van der Waals surface area contributed by atoms with Crippen LogP contribution in [0.15, 0.2) is 61.2 Å². The van der Waals surface area contributed by atoms with Crippen LogP contribution in [0.3, 0.4) is 0 Å². The molecule has 192 valence electrons. The first-order chi connectivity index (χ1) is 17.8. The van der Waals surface area contributed by atoms with Gasteiger partial charge in [0.25, 0.3) is 0 Å². The average molecular weight is 518 g/mol. The molecule has 0 amide bonds. The van der Waals surface area contributed by atoms with Gasteiger partial charge in [0.2, 0.25) is 0 Å². The molecule has 0 spiro atoms. The third-order valence-corrected chi connectivity index (χ3v) is 8.41. The second kappa shape index (κ2) is 10.8. The summed E-state index contributed by atoms with van der Waals surface area (Å²) in [7, 11) is 0. The Hall–Kier alpha value is -3.02. The summed E-state index contributed by atoms with van der Waals surface area (Å²) in [5, 5.41) is 1.19. The quantitative estimate of drug-likeness (QED) is 0.232. The Morgan fingerprint density at radius 1 is 1.05 bits per heavy atom. The number of benzene rings is 3. The molecule has 2 nitrogen and oxygen atoms in total. The van der Waals surface area contributed by atoms with E-state index in [4.69, 9.17) is 4.74 Å². The average Bonchev–Trinajstić information content (AvgIpc) is 3.46. The minimum Gasteiger partial charge on any atom is -0.489 e. The molecule has 4 aromatic rings. The van der Waals surface area contributed by atoms with Crippen LogP contribution in [0.5, 0.6) is 5.75 Å². The maximum Gasteiger partial charge on any atom is 0.123 e. The van der Waals surface area contributed by atoms with Gasteiger partial charge in [0.05, 0.1) is 6.67 Å². The van der Waals surface area contributed by atoms with Gasteiger partial charge in [-0.15, -0.1) is 11.3 Å². The first-order valence-electron chi connectivity index (χ1n) is 12.9. The lowest BCUT2D eigenvalue weighted by Crippen LogP contribution is -2.26. The van der Waals surface area contributed by atoms with E-state index < -0.39 is 0 Å².